The molecule has 2 rings (SSSR count). The van der Waals surface area contributed by atoms with E-state index in [0.29, 0.717) is 30.0 Å². The van der Waals surface area contributed by atoms with E-state index in [2.05, 4.69) is 15.3 Å². The van der Waals surface area contributed by atoms with Crippen LogP contribution in [0, 0.1) is 0 Å². The first-order valence-corrected chi connectivity index (χ1v) is 7.24. The number of aliphatic hydroxyl groups is 1. The fourth-order valence-electron chi connectivity index (χ4n) is 2.17. The summed E-state index contributed by atoms with van der Waals surface area (Å²) in [6.07, 6.45) is 1.49. The monoisotopic (exact) mass is 299 g/mol. The van der Waals surface area contributed by atoms with Crippen LogP contribution >= 0.6 is 11.6 Å². The summed E-state index contributed by atoms with van der Waals surface area (Å²) < 4.78 is 5.36. The van der Waals surface area contributed by atoms with Crippen molar-refractivity contribution in [3.63, 3.8) is 0 Å². The van der Waals surface area contributed by atoms with Crippen LogP contribution in [0.15, 0.2) is 6.07 Å². The van der Waals surface area contributed by atoms with Crippen LogP contribution in [-0.2, 0) is 10.2 Å². The molecular formula is C14H22ClN3O2. The molecule has 1 aromatic rings. The first-order valence-electron chi connectivity index (χ1n) is 6.86. The Balaban J connectivity index is 2.26. The highest BCUT2D eigenvalue weighted by molar-refractivity contribution is 6.29. The van der Waals surface area contributed by atoms with Gasteiger partial charge in [0, 0.05) is 24.7 Å². The van der Waals surface area contributed by atoms with Crippen LogP contribution in [0.1, 0.15) is 39.4 Å². The van der Waals surface area contributed by atoms with Gasteiger partial charge in [0.15, 0.2) is 0 Å². The van der Waals surface area contributed by atoms with Gasteiger partial charge in [-0.15, -0.1) is 0 Å². The molecule has 0 atom stereocenters. The molecule has 1 aliphatic rings. The van der Waals surface area contributed by atoms with Crippen molar-refractivity contribution in [2.75, 3.05) is 25.1 Å². The third-order valence-electron chi connectivity index (χ3n) is 3.51. The van der Waals surface area contributed by atoms with Crippen LogP contribution in [0.5, 0.6) is 0 Å². The highest BCUT2D eigenvalue weighted by Crippen LogP contribution is 2.27. The summed E-state index contributed by atoms with van der Waals surface area (Å²) in [6.45, 7) is 7.44. The topological polar surface area (TPSA) is 67.3 Å². The zero-order valence-corrected chi connectivity index (χ0v) is 13.0. The summed E-state index contributed by atoms with van der Waals surface area (Å²) in [4.78, 5) is 8.81. The molecule has 2 heterocycles. The Morgan fingerprint density at radius 1 is 1.35 bits per heavy atom. The number of ether oxygens (including phenoxy) is 1. The molecule has 1 aliphatic heterocycles. The minimum Gasteiger partial charge on any atom is -0.394 e. The third kappa shape index (κ3) is 3.59. The smallest absolute Gasteiger partial charge is 0.137 e. The lowest BCUT2D eigenvalue weighted by Crippen LogP contribution is -2.47. The van der Waals surface area contributed by atoms with E-state index in [0.717, 1.165) is 12.8 Å². The number of anilines is 1. The first-order chi connectivity index (χ1) is 9.35. The molecule has 20 heavy (non-hydrogen) atoms. The van der Waals surface area contributed by atoms with Crippen molar-refractivity contribution >= 4 is 17.4 Å². The van der Waals surface area contributed by atoms with E-state index in [-0.39, 0.29) is 17.6 Å². The summed E-state index contributed by atoms with van der Waals surface area (Å²) in [5, 5.41) is 13.4. The summed E-state index contributed by atoms with van der Waals surface area (Å²) >= 11 is 6.08. The number of nitrogens with zero attached hydrogens (tertiary/aromatic N) is 2. The fourth-order valence-corrected chi connectivity index (χ4v) is 2.36. The lowest BCUT2D eigenvalue weighted by Gasteiger charge is -2.37. The predicted octanol–water partition coefficient (Wildman–Crippen LogP) is 2.38. The Labute approximate surface area is 124 Å². The van der Waals surface area contributed by atoms with Crippen LogP contribution in [0.3, 0.4) is 0 Å². The van der Waals surface area contributed by atoms with Crippen LogP contribution in [-0.4, -0.2) is 40.4 Å². The molecule has 5 nitrogen and oxygen atoms in total. The van der Waals surface area contributed by atoms with Gasteiger partial charge in [0.2, 0.25) is 0 Å². The molecule has 0 spiro atoms. The Kier molecular flexibility index (Phi) is 4.52. The highest BCUT2D eigenvalue weighted by atomic mass is 35.5. The number of aliphatic hydroxyl groups excluding tert-OH is 1. The molecule has 0 unspecified atom stereocenters. The summed E-state index contributed by atoms with van der Waals surface area (Å²) in [5.74, 6) is 1.35. The minimum absolute atomic E-state index is 0.0445. The molecule has 0 radical (unpaired) electrons. The van der Waals surface area contributed by atoms with Crippen LogP contribution in [0.4, 0.5) is 5.82 Å². The van der Waals surface area contributed by atoms with Gasteiger partial charge in [0.1, 0.15) is 16.8 Å². The van der Waals surface area contributed by atoms with Gasteiger partial charge in [-0.25, -0.2) is 9.97 Å². The molecule has 1 aromatic heterocycles. The van der Waals surface area contributed by atoms with Crippen molar-refractivity contribution in [2.45, 2.75) is 44.6 Å². The van der Waals surface area contributed by atoms with Gasteiger partial charge in [-0.3, -0.25) is 0 Å². The molecule has 1 saturated heterocycles. The molecule has 0 aromatic carbocycles. The maximum atomic E-state index is 9.71. The number of nitrogens with one attached hydrogen (secondary N) is 1. The lowest BCUT2D eigenvalue weighted by molar-refractivity contribution is 0.0378. The standard InChI is InChI=1S/C14H22ClN3O2/c1-13(2,3)12-16-10(15)8-11(17-12)18-14(9-19)4-6-20-7-5-14/h8,19H,4-7,9H2,1-3H3,(H,16,17,18). The number of halogens is 1. The highest BCUT2D eigenvalue weighted by Gasteiger charge is 2.32. The maximum absolute atomic E-state index is 9.71. The predicted molar refractivity (Wildman–Crippen MR) is 79.2 cm³/mol. The number of hydrogen-bond donors (Lipinski definition) is 2. The van der Waals surface area contributed by atoms with Gasteiger partial charge in [0.05, 0.1) is 12.1 Å². The third-order valence-corrected chi connectivity index (χ3v) is 3.71. The summed E-state index contributed by atoms with van der Waals surface area (Å²) in [5.41, 5.74) is -0.561. The zero-order chi connectivity index (χ0) is 14.8. The van der Waals surface area contributed by atoms with Crippen molar-refractivity contribution in [1.82, 2.24) is 9.97 Å². The molecule has 0 amide bonds. The van der Waals surface area contributed by atoms with Gasteiger partial charge in [-0.1, -0.05) is 32.4 Å². The average molecular weight is 300 g/mol. The number of rotatable bonds is 3. The average Bonchev–Trinajstić information content (AvgIpc) is 2.38. The Hall–Kier alpha value is -0.910. The molecule has 1 fully saturated rings. The SMILES string of the molecule is CC(C)(C)c1nc(Cl)cc(NC2(CO)CCOCC2)n1. The molecule has 0 saturated carbocycles. The van der Waals surface area contributed by atoms with E-state index < -0.39 is 0 Å². The van der Waals surface area contributed by atoms with E-state index >= 15 is 0 Å². The van der Waals surface area contributed by atoms with E-state index in [1.165, 1.54) is 0 Å². The first kappa shape index (κ1) is 15.5. The zero-order valence-electron chi connectivity index (χ0n) is 12.2. The molecule has 112 valence electrons. The second kappa shape index (κ2) is 5.84. The molecule has 2 N–H and O–H groups in total. The lowest BCUT2D eigenvalue weighted by atomic mass is 9.91. The van der Waals surface area contributed by atoms with Crippen molar-refractivity contribution in [1.29, 1.82) is 0 Å². The molecule has 6 heteroatoms. The van der Waals surface area contributed by atoms with Gasteiger partial charge in [0.25, 0.3) is 0 Å². The normalized spacial score (nSPS) is 18.9. The van der Waals surface area contributed by atoms with Gasteiger partial charge < -0.3 is 15.2 Å². The van der Waals surface area contributed by atoms with E-state index in [4.69, 9.17) is 16.3 Å². The van der Waals surface area contributed by atoms with Crippen molar-refractivity contribution < 1.29 is 9.84 Å². The fraction of sp³-hybridized carbons (Fsp3) is 0.714. The van der Waals surface area contributed by atoms with E-state index in [1.807, 2.05) is 20.8 Å². The number of hydrogen-bond acceptors (Lipinski definition) is 5. The van der Waals surface area contributed by atoms with Gasteiger partial charge in [-0.05, 0) is 12.8 Å². The molecule has 0 aliphatic carbocycles. The van der Waals surface area contributed by atoms with Gasteiger partial charge in [-0.2, -0.15) is 0 Å². The van der Waals surface area contributed by atoms with Crippen LogP contribution < -0.4 is 5.32 Å². The second-order valence-electron chi connectivity index (χ2n) is 6.33. The van der Waals surface area contributed by atoms with Gasteiger partial charge >= 0.3 is 0 Å². The quantitative estimate of drug-likeness (QED) is 0.839. The van der Waals surface area contributed by atoms with E-state index in [9.17, 15) is 5.11 Å². The van der Waals surface area contributed by atoms with Crippen LogP contribution in [0.25, 0.3) is 0 Å². The Morgan fingerprint density at radius 2 is 2.00 bits per heavy atom. The summed E-state index contributed by atoms with van der Waals surface area (Å²) in [6, 6.07) is 1.70. The van der Waals surface area contributed by atoms with Crippen molar-refractivity contribution in [3.05, 3.63) is 17.0 Å². The Morgan fingerprint density at radius 3 is 2.55 bits per heavy atom. The minimum atomic E-state index is -0.384. The Bertz CT molecular complexity index is 468. The maximum Gasteiger partial charge on any atom is 0.137 e. The van der Waals surface area contributed by atoms with Crippen molar-refractivity contribution in [2.24, 2.45) is 0 Å². The molecular weight excluding hydrogens is 278 g/mol. The van der Waals surface area contributed by atoms with Crippen LogP contribution in [0.2, 0.25) is 5.15 Å². The van der Waals surface area contributed by atoms with E-state index in [1.54, 1.807) is 6.07 Å². The summed E-state index contributed by atoms with van der Waals surface area (Å²) in [7, 11) is 0. The van der Waals surface area contributed by atoms with Crippen molar-refractivity contribution in [3.8, 4) is 0 Å². The second-order valence-corrected chi connectivity index (χ2v) is 6.71. The largest absolute Gasteiger partial charge is 0.394 e. The number of aromatic nitrogens is 2. The molecule has 0 bridgehead atoms.